The van der Waals surface area contributed by atoms with Crippen LogP contribution in [0.3, 0.4) is 0 Å². The van der Waals surface area contributed by atoms with Crippen LogP contribution in [0.2, 0.25) is 0 Å². The highest BCUT2D eigenvalue weighted by atomic mass is 16.2. The number of anilines is 2. The number of piperidine rings is 1. The predicted molar refractivity (Wildman–Crippen MR) is 154 cm³/mol. The Hall–Kier alpha value is -3.94. The fourth-order valence-electron chi connectivity index (χ4n) is 6.02. The number of benzene rings is 1. The Bertz CT molecular complexity index is 1500. The number of nitrogens with zero attached hydrogens (tertiary/aromatic N) is 6. The average Bonchev–Trinajstić information content (AvgIpc) is 3.58. The molecule has 0 aliphatic carbocycles. The molecule has 2 aliphatic heterocycles. The largest absolute Gasteiger partial charge is 0.356 e. The Morgan fingerprint density at radius 2 is 1.72 bits per heavy atom. The van der Waals surface area contributed by atoms with E-state index in [0.717, 1.165) is 87.5 Å². The third kappa shape index (κ3) is 5.07. The van der Waals surface area contributed by atoms with Gasteiger partial charge in [0.05, 0.1) is 5.69 Å². The van der Waals surface area contributed by atoms with Gasteiger partial charge in [0.1, 0.15) is 5.82 Å². The van der Waals surface area contributed by atoms with Gasteiger partial charge in [0.25, 0.3) is 5.56 Å². The number of rotatable bonds is 8. The average molecular weight is 525 g/mol. The molecule has 0 spiro atoms. The molecule has 0 atom stereocenters. The Balaban J connectivity index is 1.31. The van der Waals surface area contributed by atoms with E-state index in [-0.39, 0.29) is 11.5 Å². The van der Waals surface area contributed by atoms with E-state index in [4.69, 9.17) is 4.98 Å². The van der Waals surface area contributed by atoms with Crippen molar-refractivity contribution in [3.8, 4) is 11.3 Å². The summed E-state index contributed by atoms with van der Waals surface area (Å²) in [6.45, 7) is 5.51. The number of hydrogen-bond donors (Lipinski definition) is 0. The first-order valence-electron chi connectivity index (χ1n) is 14.3. The fraction of sp³-hybridized carbons (Fsp3) is 0.419. The lowest BCUT2D eigenvalue weighted by atomic mass is 9.90. The highest BCUT2D eigenvalue weighted by Gasteiger charge is 2.24. The fourth-order valence-corrected chi connectivity index (χ4v) is 6.02. The van der Waals surface area contributed by atoms with Crippen LogP contribution >= 0.6 is 0 Å². The molecule has 0 unspecified atom stereocenters. The molecule has 2 saturated heterocycles. The zero-order chi connectivity index (χ0) is 26.8. The van der Waals surface area contributed by atoms with E-state index in [9.17, 15) is 9.59 Å². The molecule has 4 aromatic rings. The third-order valence-electron chi connectivity index (χ3n) is 8.23. The van der Waals surface area contributed by atoms with Crippen molar-refractivity contribution in [2.45, 2.75) is 64.3 Å². The van der Waals surface area contributed by atoms with Gasteiger partial charge in [-0.25, -0.2) is 0 Å². The van der Waals surface area contributed by atoms with Crippen LogP contribution in [0.4, 0.5) is 11.5 Å². The van der Waals surface area contributed by atoms with E-state index in [0.29, 0.717) is 18.1 Å². The number of aryl methyl sites for hydroxylation is 1. The molecule has 8 nitrogen and oxygen atoms in total. The molecule has 1 aromatic carbocycles. The highest BCUT2D eigenvalue weighted by Crippen LogP contribution is 2.31. The van der Waals surface area contributed by atoms with Gasteiger partial charge in [0, 0.05) is 62.9 Å². The molecule has 0 bridgehead atoms. The Labute approximate surface area is 228 Å². The minimum Gasteiger partial charge on any atom is -0.356 e. The molecule has 5 heterocycles. The number of amides is 1. The summed E-state index contributed by atoms with van der Waals surface area (Å²) in [5, 5.41) is 0. The van der Waals surface area contributed by atoms with Crippen LogP contribution in [-0.2, 0) is 11.3 Å². The Morgan fingerprint density at radius 3 is 2.41 bits per heavy atom. The minimum atomic E-state index is -0.0546. The predicted octanol–water partition coefficient (Wildman–Crippen LogP) is 5.26. The second kappa shape index (κ2) is 11.0. The van der Waals surface area contributed by atoms with Gasteiger partial charge < -0.3 is 14.4 Å². The van der Waals surface area contributed by atoms with E-state index in [1.54, 1.807) is 10.5 Å². The maximum Gasteiger partial charge on any atom is 0.261 e. The number of unbranched alkanes of at least 4 members (excludes halogenated alkanes) is 2. The first-order chi connectivity index (χ1) is 19.1. The molecule has 2 fully saturated rings. The lowest BCUT2D eigenvalue weighted by Crippen LogP contribution is -2.34. The smallest absolute Gasteiger partial charge is 0.261 e. The monoisotopic (exact) mass is 524 g/mol. The minimum absolute atomic E-state index is 0.0546. The van der Waals surface area contributed by atoms with Crippen molar-refractivity contribution in [3.05, 3.63) is 77.0 Å². The quantitative estimate of drug-likeness (QED) is 0.294. The Kier molecular flexibility index (Phi) is 7.18. The lowest BCUT2D eigenvalue weighted by Gasteiger charge is -2.32. The first-order valence-corrected chi connectivity index (χ1v) is 14.3. The van der Waals surface area contributed by atoms with Gasteiger partial charge in [0.15, 0.2) is 0 Å². The van der Waals surface area contributed by atoms with Crippen LogP contribution in [0.1, 0.15) is 63.4 Å². The SMILES string of the molecule is CCCCCn1c(-c2ccc(N3CCCC3=O)cc2)cn2c(=O)cc(N3CCC(c4ccncc4)CC3)nc12. The maximum atomic E-state index is 13.4. The summed E-state index contributed by atoms with van der Waals surface area (Å²) in [6.07, 6.45) is 12.5. The van der Waals surface area contributed by atoms with Gasteiger partial charge in [-0.3, -0.25) is 19.0 Å². The summed E-state index contributed by atoms with van der Waals surface area (Å²) >= 11 is 0. The van der Waals surface area contributed by atoms with Gasteiger partial charge in [-0.2, -0.15) is 4.98 Å². The van der Waals surface area contributed by atoms with E-state index >= 15 is 0 Å². The van der Waals surface area contributed by atoms with Gasteiger partial charge in [-0.15, -0.1) is 0 Å². The molecular weight excluding hydrogens is 488 g/mol. The second-order valence-corrected chi connectivity index (χ2v) is 10.7. The van der Waals surface area contributed by atoms with Gasteiger partial charge >= 0.3 is 0 Å². The molecule has 1 amide bonds. The Morgan fingerprint density at radius 1 is 0.949 bits per heavy atom. The zero-order valence-corrected chi connectivity index (χ0v) is 22.6. The molecule has 0 saturated carbocycles. The number of fused-ring (bicyclic) bond motifs is 1. The molecule has 8 heteroatoms. The summed E-state index contributed by atoms with van der Waals surface area (Å²) in [5.74, 6) is 2.15. The topological polar surface area (TPSA) is 75.7 Å². The first kappa shape index (κ1) is 25.3. The van der Waals surface area contributed by atoms with E-state index in [2.05, 4.69) is 45.6 Å². The summed E-state index contributed by atoms with van der Waals surface area (Å²) in [6, 6.07) is 14.0. The van der Waals surface area contributed by atoms with Crippen LogP contribution in [0.25, 0.3) is 17.0 Å². The lowest BCUT2D eigenvalue weighted by molar-refractivity contribution is -0.117. The van der Waals surface area contributed by atoms with Crippen molar-refractivity contribution >= 4 is 23.2 Å². The van der Waals surface area contributed by atoms with Crippen LogP contribution in [0.5, 0.6) is 0 Å². The van der Waals surface area contributed by atoms with Crippen LogP contribution in [-0.4, -0.2) is 44.5 Å². The van der Waals surface area contributed by atoms with Gasteiger partial charge in [-0.1, -0.05) is 31.9 Å². The van der Waals surface area contributed by atoms with Crippen LogP contribution < -0.4 is 15.4 Å². The van der Waals surface area contributed by atoms with Crippen molar-refractivity contribution in [2.24, 2.45) is 0 Å². The van der Waals surface area contributed by atoms with Crippen molar-refractivity contribution < 1.29 is 4.79 Å². The molecular formula is C31H36N6O2. The molecule has 3 aromatic heterocycles. The van der Waals surface area contributed by atoms with Crippen LogP contribution in [0.15, 0.2) is 65.8 Å². The van der Waals surface area contributed by atoms with Crippen molar-refractivity contribution in [1.82, 2.24) is 18.9 Å². The number of imidazole rings is 1. The molecule has 0 N–H and O–H groups in total. The number of carbonyl (C=O) groups is 1. The molecule has 39 heavy (non-hydrogen) atoms. The van der Waals surface area contributed by atoms with Crippen molar-refractivity contribution in [3.63, 3.8) is 0 Å². The zero-order valence-electron chi connectivity index (χ0n) is 22.6. The molecule has 6 rings (SSSR count). The molecule has 0 radical (unpaired) electrons. The summed E-state index contributed by atoms with van der Waals surface area (Å²) < 4.78 is 3.88. The van der Waals surface area contributed by atoms with E-state index in [1.807, 2.05) is 35.6 Å². The van der Waals surface area contributed by atoms with Crippen molar-refractivity contribution in [2.75, 3.05) is 29.4 Å². The molecule has 2 aliphatic rings. The number of pyridine rings is 1. The van der Waals surface area contributed by atoms with Gasteiger partial charge in [0.2, 0.25) is 11.7 Å². The summed E-state index contributed by atoms with van der Waals surface area (Å²) in [7, 11) is 0. The normalized spacial score (nSPS) is 16.5. The van der Waals surface area contributed by atoms with E-state index < -0.39 is 0 Å². The highest BCUT2D eigenvalue weighted by molar-refractivity contribution is 5.95. The number of carbonyl (C=O) groups excluding carboxylic acids is 1. The summed E-state index contributed by atoms with van der Waals surface area (Å²) in [4.78, 5) is 38.9. The number of aromatic nitrogens is 4. The molecule has 202 valence electrons. The van der Waals surface area contributed by atoms with Crippen LogP contribution in [0, 0.1) is 0 Å². The van der Waals surface area contributed by atoms with Crippen molar-refractivity contribution in [1.29, 1.82) is 0 Å². The number of hydrogen-bond acceptors (Lipinski definition) is 5. The standard InChI is InChI=1S/C31H36N6O2/c1-2-3-4-17-36-27(25-7-9-26(10-8-25)35-18-5-6-29(35)38)22-37-30(39)21-28(33-31(36)37)34-19-13-24(14-20-34)23-11-15-32-16-12-23/h7-12,15-16,21-22,24H,2-6,13-14,17-20H2,1H3. The maximum absolute atomic E-state index is 13.4. The van der Waals surface area contributed by atoms with E-state index in [1.165, 1.54) is 5.56 Å². The second-order valence-electron chi connectivity index (χ2n) is 10.7. The van der Waals surface area contributed by atoms with Gasteiger partial charge in [-0.05, 0) is 67.0 Å². The third-order valence-corrected chi connectivity index (χ3v) is 8.23. The summed E-state index contributed by atoms with van der Waals surface area (Å²) in [5.41, 5.74) is 4.21.